The standard InChI is InChI=1S/C21H23ClN4O4/c1-5-30-20-17(22)9-14(10-18(20)29-4)12-23-21(27)19-13(2)26(25-24-19)15-7-6-8-16(11-15)28-3/h6-11H,5,12H2,1-4H3,(H,23,27). The summed E-state index contributed by atoms with van der Waals surface area (Å²) in [5.74, 6) is 1.34. The zero-order chi connectivity index (χ0) is 21.7. The maximum atomic E-state index is 12.7. The van der Waals surface area contributed by atoms with Crippen LogP contribution in [0.4, 0.5) is 0 Å². The molecular formula is C21H23ClN4O4. The molecule has 0 bridgehead atoms. The van der Waals surface area contributed by atoms with E-state index in [1.807, 2.05) is 31.2 Å². The van der Waals surface area contributed by atoms with Crippen molar-refractivity contribution in [2.45, 2.75) is 20.4 Å². The van der Waals surface area contributed by atoms with Crippen LogP contribution in [0.5, 0.6) is 17.2 Å². The molecule has 1 amide bonds. The number of methoxy groups -OCH3 is 2. The Labute approximate surface area is 179 Å². The second kappa shape index (κ2) is 9.49. The van der Waals surface area contributed by atoms with E-state index >= 15 is 0 Å². The fraction of sp³-hybridized carbons (Fsp3) is 0.286. The Morgan fingerprint density at radius 2 is 2.00 bits per heavy atom. The van der Waals surface area contributed by atoms with Crippen molar-refractivity contribution >= 4 is 17.5 Å². The van der Waals surface area contributed by atoms with Gasteiger partial charge in [0.25, 0.3) is 5.91 Å². The van der Waals surface area contributed by atoms with Crippen LogP contribution in [0.2, 0.25) is 5.02 Å². The summed E-state index contributed by atoms with van der Waals surface area (Å²) < 4.78 is 17.7. The number of halogens is 1. The quantitative estimate of drug-likeness (QED) is 0.587. The van der Waals surface area contributed by atoms with E-state index in [1.54, 1.807) is 30.8 Å². The molecule has 0 radical (unpaired) electrons. The highest BCUT2D eigenvalue weighted by atomic mass is 35.5. The first-order valence-electron chi connectivity index (χ1n) is 9.32. The van der Waals surface area contributed by atoms with Gasteiger partial charge in [-0.05, 0) is 43.7 Å². The number of ether oxygens (including phenoxy) is 3. The van der Waals surface area contributed by atoms with Crippen molar-refractivity contribution in [3.05, 3.63) is 58.4 Å². The number of hydrogen-bond acceptors (Lipinski definition) is 6. The van der Waals surface area contributed by atoms with Crippen molar-refractivity contribution in [2.24, 2.45) is 0 Å². The number of benzene rings is 2. The number of carbonyl (C=O) groups is 1. The first-order valence-corrected chi connectivity index (χ1v) is 9.70. The summed E-state index contributed by atoms with van der Waals surface area (Å²) in [5.41, 5.74) is 2.37. The second-order valence-corrected chi connectivity index (χ2v) is 6.77. The molecule has 1 N–H and O–H groups in total. The summed E-state index contributed by atoms with van der Waals surface area (Å²) in [6, 6.07) is 10.9. The topological polar surface area (TPSA) is 87.5 Å². The molecule has 8 nitrogen and oxygen atoms in total. The molecule has 0 unspecified atom stereocenters. The summed E-state index contributed by atoms with van der Waals surface area (Å²) in [4.78, 5) is 12.7. The average Bonchev–Trinajstić information content (AvgIpc) is 3.15. The summed E-state index contributed by atoms with van der Waals surface area (Å²) in [6.07, 6.45) is 0. The molecule has 1 heterocycles. The number of nitrogens with one attached hydrogen (secondary N) is 1. The first kappa shape index (κ1) is 21.4. The Bertz CT molecular complexity index is 1050. The minimum Gasteiger partial charge on any atom is -0.497 e. The Kier molecular flexibility index (Phi) is 6.79. The molecule has 3 rings (SSSR count). The van der Waals surface area contributed by atoms with Crippen LogP contribution in [0.3, 0.4) is 0 Å². The largest absolute Gasteiger partial charge is 0.497 e. The molecule has 158 valence electrons. The molecule has 9 heteroatoms. The molecular weight excluding hydrogens is 408 g/mol. The third-order valence-electron chi connectivity index (χ3n) is 4.44. The molecule has 2 aromatic carbocycles. The number of carbonyl (C=O) groups excluding carboxylic acids is 1. The Morgan fingerprint density at radius 1 is 1.20 bits per heavy atom. The maximum Gasteiger partial charge on any atom is 0.274 e. The zero-order valence-electron chi connectivity index (χ0n) is 17.2. The number of rotatable bonds is 8. The Hall–Kier alpha value is -3.26. The lowest BCUT2D eigenvalue weighted by atomic mass is 10.2. The fourth-order valence-corrected chi connectivity index (χ4v) is 3.24. The van der Waals surface area contributed by atoms with Crippen LogP contribution in [0, 0.1) is 6.92 Å². The van der Waals surface area contributed by atoms with Crippen molar-refractivity contribution in [2.75, 3.05) is 20.8 Å². The maximum absolute atomic E-state index is 12.7. The molecule has 0 saturated carbocycles. The van der Waals surface area contributed by atoms with Gasteiger partial charge in [0.2, 0.25) is 0 Å². The smallest absolute Gasteiger partial charge is 0.274 e. The molecule has 0 saturated heterocycles. The van der Waals surface area contributed by atoms with Gasteiger partial charge in [-0.1, -0.05) is 22.9 Å². The van der Waals surface area contributed by atoms with Crippen LogP contribution in [-0.4, -0.2) is 41.7 Å². The lowest BCUT2D eigenvalue weighted by Gasteiger charge is -2.13. The minimum absolute atomic E-state index is 0.238. The van der Waals surface area contributed by atoms with Gasteiger partial charge in [0.15, 0.2) is 17.2 Å². The Morgan fingerprint density at radius 3 is 2.70 bits per heavy atom. The van der Waals surface area contributed by atoms with Crippen LogP contribution in [0.1, 0.15) is 28.7 Å². The first-order chi connectivity index (χ1) is 14.5. The van der Waals surface area contributed by atoms with Crippen molar-refractivity contribution in [1.82, 2.24) is 20.3 Å². The van der Waals surface area contributed by atoms with Gasteiger partial charge in [0.05, 0.1) is 37.2 Å². The van der Waals surface area contributed by atoms with Gasteiger partial charge in [-0.2, -0.15) is 0 Å². The molecule has 0 atom stereocenters. The van der Waals surface area contributed by atoms with E-state index in [0.717, 1.165) is 11.3 Å². The zero-order valence-corrected chi connectivity index (χ0v) is 18.0. The highest BCUT2D eigenvalue weighted by Gasteiger charge is 2.18. The van der Waals surface area contributed by atoms with Gasteiger partial charge in [0.1, 0.15) is 5.75 Å². The molecule has 0 fully saturated rings. The molecule has 1 aromatic heterocycles. The predicted molar refractivity (Wildman–Crippen MR) is 113 cm³/mol. The van der Waals surface area contributed by atoms with Gasteiger partial charge < -0.3 is 19.5 Å². The summed E-state index contributed by atoms with van der Waals surface area (Å²) >= 11 is 6.29. The molecule has 0 aliphatic rings. The van der Waals surface area contributed by atoms with Crippen LogP contribution in [0.25, 0.3) is 5.69 Å². The SMILES string of the molecule is CCOc1c(Cl)cc(CNC(=O)c2nnn(-c3cccc(OC)c3)c2C)cc1OC. The van der Waals surface area contributed by atoms with E-state index < -0.39 is 0 Å². The molecule has 30 heavy (non-hydrogen) atoms. The molecule has 0 aliphatic heterocycles. The lowest BCUT2D eigenvalue weighted by molar-refractivity contribution is 0.0945. The number of amides is 1. The second-order valence-electron chi connectivity index (χ2n) is 6.36. The summed E-state index contributed by atoms with van der Waals surface area (Å²) in [6.45, 7) is 4.36. The van der Waals surface area contributed by atoms with E-state index in [9.17, 15) is 4.79 Å². The average molecular weight is 431 g/mol. The molecule has 0 aliphatic carbocycles. The van der Waals surface area contributed by atoms with E-state index in [0.29, 0.717) is 34.6 Å². The highest BCUT2D eigenvalue weighted by molar-refractivity contribution is 6.32. The summed E-state index contributed by atoms with van der Waals surface area (Å²) in [5, 5.41) is 11.4. The van der Waals surface area contributed by atoms with Crippen molar-refractivity contribution in [1.29, 1.82) is 0 Å². The van der Waals surface area contributed by atoms with Crippen LogP contribution < -0.4 is 19.5 Å². The normalized spacial score (nSPS) is 10.6. The van der Waals surface area contributed by atoms with Gasteiger partial charge in [-0.15, -0.1) is 5.10 Å². The van der Waals surface area contributed by atoms with Gasteiger partial charge >= 0.3 is 0 Å². The van der Waals surface area contributed by atoms with Crippen LogP contribution in [-0.2, 0) is 6.54 Å². The highest BCUT2D eigenvalue weighted by Crippen LogP contribution is 2.36. The monoisotopic (exact) mass is 430 g/mol. The van der Waals surface area contributed by atoms with E-state index in [2.05, 4.69) is 15.6 Å². The lowest BCUT2D eigenvalue weighted by Crippen LogP contribution is -2.24. The van der Waals surface area contributed by atoms with Gasteiger partial charge in [-0.25, -0.2) is 4.68 Å². The number of aromatic nitrogens is 3. The van der Waals surface area contributed by atoms with Crippen LogP contribution >= 0.6 is 11.6 Å². The third-order valence-corrected chi connectivity index (χ3v) is 4.72. The number of nitrogens with zero attached hydrogens (tertiary/aromatic N) is 3. The number of hydrogen-bond donors (Lipinski definition) is 1. The van der Waals surface area contributed by atoms with Crippen LogP contribution in [0.15, 0.2) is 36.4 Å². The minimum atomic E-state index is -0.342. The van der Waals surface area contributed by atoms with Gasteiger partial charge in [-0.3, -0.25) is 4.79 Å². The van der Waals surface area contributed by atoms with E-state index in [1.165, 1.54) is 7.11 Å². The summed E-state index contributed by atoms with van der Waals surface area (Å²) in [7, 11) is 3.13. The van der Waals surface area contributed by atoms with Crippen molar-refractivity contribution in [3.63, 3.8) is 0 Å². The predicted octanol–water partition coefficient (Wildman–Crippen LogP) is 3.58. The van der Waals surface area contributed by atoms with Crippen molar-refractivity contribution < 1.29 is 19.0 Å². The fourth-order valence-electron chi connectivity index (χ4n) is 2.95. The molecule has 0 spiro atoms. The molecule has 3 aromatic rings. The van der Waals surface area contributed by atoms with Crippen molar-refractivity contribution in [3.8, 4) is 22.9 Å². The third kappa shape index (κ3) is 4.49. The van der Waals surface area contributed by atoms with E-state index in [-0.39, 0.29) is 18.1 Å². The Balaban J connectivity index is 1.76. The van der Waals surface area contributed by atoms with Gasteiger partial charge in [0, 0.05) is 12.6 Å². The van der Waals surface area contributed by atoms with E-state index in [4.69, 9.17) is 25.8 Å².